The number of nitrogens with zero attached hydrogens (tertiary/aromatic N) is 3. The SMILES string of the molecule is Cc1nnc2n(c1=O)[C@H](CBr)CS2. The predicted molar refractivity (Wildman–Crippen MR) is 54.6 cm³/mol. The second-order valence-electron chi connectivity index (χ2n) is 2.86. The van der Waals surface area contributed by atoms with E-state index in [1.807, 2.05) is 0 Å². The van der Waals surface area contributed by atoms with Crippen molar-refractivity contribution in [1.29, 1.82) is 0 Å². The molecule has 1 aromatic rings. The normalized spacial score (nSPS) is 20.3. The van der Waals surface area contributed by atoms with Crippen LogP contribution in [0.1, 0.15) is 11.7 Å². The van der Waals surface area contributed by atoms with Crippen molar-refractivity contribution in [1.82, 2.24) is 14.8 Å². The third-order valence-electron chi connectivity index (χ3n) is 1.97. The molecule has 1 atom stereocenters. The minimum atomic E-state index is -0.0144. The molecule has 2 heterocycles. The molecule has 0 radical (unpaired) electrons. The Kier molecular flexibility index (Phi) is 2.42. The molecule has 0 bridgehead atoms. The molecule has 1 aromatic heterocycles. The third kappa shape index (κ3) is 1.42. The van der Waals surface area contributed by atoms with E-state index in [2.05, 4.69) is 26.1 Å². The fourth-order valence-corrected chi connectivity index (χ4v) is 3.15. The lowest BCUT2D eigenvalue weighted by Gasteiger charge is -2.08. The summed E-state index contributed by atoms with van der Waals surface area (Å²) in [6, 6.07) is 0.224. The van der Waals surface area contributed by atoms with Crippen LogP contribution >= 0.6 is 27.7 Å². The molecule has 0 saturated heterocycles. The molecule has 1 aliphatic rings. The summed E-state index contributed by atoms with van der Waals surface area (Å²) in [5, 5.41) is 9.30. The number of thioether (sulfide) groups is 1. The molecule has 0 aromatic carbocycles. The molecule has 0 unspecified atom stereocenters. The van der Waals surface area contributed by atoms with Crippen LogP contribution in [0.3, 0.4) is 0 Å². The Morgan fingerprint density at radius 3 is 3.15 bits per heavy atom. The van der Waals surface area contributed by atoms with Crippen molar-refractivity contribution in [2.75, 3.05) is 11.1 Å². The highest BCUT2D eigenvalue weighted by Crippen LogP contribution is 2.30. The maximum atomic E-state index is 11.7. The molecule has 13 heavy (non-hydrogen) atoms. The van der Waals surface area contributed by atoms with Crippen molar-refractivity contribution in [2.24, 2.45) is 0 Å². The summed E-state index contributed by atoms with van der Waals surface area (Å²) in [5.74, 6) is 0.901. The van der Waals surface area contributed by atoms with Crippen molar-refractivity contribution in [3.8, 4) is 0 Å². The van der Waals surface area contributed by atoms with Crippen molar-refractivity contribution in [2.45, 2.75) is 18.1 Å². The summed E-state index contributed by atoms with van der Waals surface area (Å²) in [5.41, 5.74) is 0.455. The van der Waals surface area contributed by atoms with Crippen molar-refractivity contribution in [3.63, 3.8) is 0 Å². The topological polar surface area (TPSA) is 47.8 Å². The number of halogens is 1. The van der Waals surface area contributed by atoms with Gasteiger partial charge in [-0.2, -0.15) is 0 Å². The highest BCUT2D eigenvalue weighted by molar-refractivity contribution is 9.09. The molecular weight excluding hydrogens is 254 g/mol. The molecule has 0 fully saturated rings. The van der Waals surface area contributed by atoms with Crippen LogP contribution in [0.2, 0.25) is 0 Å². The van der Waals surface area contributed by atoms with Crippen LogP contribution in [-0.4, -0.2) is 25.8 Å². The Balaban J connectivity index is 2.61. The van der Waals surface area contributed by atoms with E-state index in [-0.39, 0.29) is 11.6 Å². The maximum Gasteiger partial charge on any atom is 0.276 e. The predicted octanol–water partition coefficient (Wildman–Crippen LogP) is 0.988. The van der Waals surface area contributed by atoms with E-state index in [0.29, 0.717) is 5.69 Å². The fraction of sp³-hybridized carbons (Fsp3) is 0.571. The van der Waals surface area contributed by atoms with Gasteiger partial charge in [-0.1, -0.05) is 27.7 Å². The fourth-order valence-electron chi connectivity index (χ4n) is 1.25. The van der Waals surface area contributed by atoms with E-state index in [9.17, 15) is 4.79 Å². The Morgan fingerprint density at radius 1 is 1.69 bits per heavy atom. The zero-order valence-electron chi connectivity index (χ0n) is 7.03. The summed E-state index contributed by atoms with van der Waals surface area (Å²) < 4.78 is 1.72. The molecule has 0 aliphatic carbocycles. The molecule has 0 saturated carbocycles. The average molecular weight is 262 g/mol. The second kappa shape index (κ2) is 3.42. The van der Waals surface area contributed by atoms with Gasteiger partial charge in [0, 0.05) is 11.1 Å². The minimum absolute atomic E-state index is 0.0144. The lowest BCUT2D eigenvalue weighted by molar-refractivity contribution is 0.528. The quantitative estimate of drug-likeness (QED) is 0.708. The van der Waals surface area contributed by atoms with Crippen molar-refractivity contribution >= 4 is 27.7 Å². The minimum Gasteiger partial charge on any atom is -0.280 e. The van der Waals surface area contributed by atoms with Crippen LogP contribution in [0.15, 0.2) is 9.95 Å². The lowest BCUT2D eigenvalue weighted by atomic mass is 10.4. The van der Waals surface area contributed by atoms with E-state index in [0.717, 1.165) is 16.2 Å². The van der Waals surface area contributed by atoms with Gasteiger partial charge in [-0.3, -0.25) is 9.36 Å². The molecule has 4 nitrogen and oxygen atoms in total. The number of hydrogen-bond donors (Lipinski definition) is 0. The van der Waals surface area contributed by atoms with E-state index in [4.69, 9.17) is 0 Å². The van der Waals surface area contributed by atoms with Gasteiger partial charge in [0.15, 0.2) is 5.16 Å². The van der Waals surface area contributed by atoms with Gasteiger partial charge >= 0.3 is 0 Å². The van der Waals surface area contributed by atoms with Crippen LogP contribution in [0.4, 0.5) is 0 Å². The molecule has 0 amide bonds. The Labute approximate surface area is 87.9 Å². The van der Waals surface area contributed by atoms with E-state index >= 15 is 0 Å². The van der Waals surface area contributed by atoms with E-state index in [1.165, 1.54) is 0 Å². The summed E-state index contributed by atoms with van der Waals surface area (Å²) in [4.78, 5) is 11.7. The number of rotatable bonds is 1. The summed E-state index contributed by atoms with van der Waals surface area (Å²) in [6.45, 7) is 1.69. The first-order valence-corrected chi connectivity index (χ1v) is 5.99. The van der Waals surface area contributed by atoms with Gasteiger partial charge in [-0.25, -0.2) is 0 Å². The monoisotopic (exact) mass is 261 g/mol. The average Bonchev–Trinajstić information content (AvgIpc) is 2.55. The van der Waals surface area contributed by atoms with Gasteiger partial charge in [0.2, 0.25) is 0 Å². The Morgan fingerprint density at radius 2 is 2.46 bits per heavy atom. The molecule has 6 heteroatoms. The smallest absolute Gasteiger partial charge is 0.276 e. The molecule has 2 rings (SSSR count). The van der Waals surface area contributed by atoms with Gasteiger partial charge in [0.05, 0.1) is 6.04 Å². The van der Waals surface area contributed by atoms with Gasteiger partial charge in [-0.05, 0) is 6.92 Å². The first kappa shape index (κ1) is 9.21. The highest BCUT2D eigenvalue weighted by Gasteiger charge is 2.25. The van der Waals surface area contributed by atoms with Crippen LogP contribution in [0, 0.1) is 6.92 Å². The molecule has 0 spiro atoms. The Hall–Kier alpha value is -0.360. The van der Waals surface area contributed by atoms with Gasteiger partial charge in [-0.15, -0.1) is 10.2 Å². The largest absolute Gasteiger partial charge is 0.280 e. The molecular formula is C7H8BrN3OS. The highest BCUT2D eigenvalue weighted by atomic mass is 79.9. The van der Waals surface area contributed by atoms with Gasteiger partial charge < -0.3 is 0 Å². The molecule has 0 N–H and O–H groups in total. The van der Waals surface area contributed by atoms with E-state index < -0.39 is 0 Å². The third-order valence-corrected chi connectivity index (χ3v) is 3.80. The Bertz CT molecular complexity index is 392. The molecule has 70 valence electrons. The summed E-state index contributed by atoms with van der Waals surface area (Å²) in [6.07, 6.45) is 0. The second-order valence-corrected chi connectivity index (χ2v) is 4.50. The number of aryl methyl sites for hydroxylation is 1. The standard InChI is InChI=1S/C7H8BrN3OS/c1-4-6(12)11-5(2-8)3-13-7(11)10-9-4/h5H,2-3H2,1H3/t5-/m1/s1. The van der Waals surface area contributed by atoms with Gasteiger partial charge in [0.1, 0.15) is 5.69 Å². The van der Waals surface area contributed by atoms with Crippen LogP contribution < -0.4 is 5.56 Å². The molecule has 1 aliphatic heterocycles. The maximum absolute atomic E-state index is 11.7. The van der Waals surface area contributed by atoms with Crippen molar-refractivity contribution in [3.05, 3.63) is 16.0 Å². The van der Waals surface area contributed by atoms with Crippen LogP contribution in [0.25, 0.3) is 0 Å². The van der Waals surface area contributed by atoms with Crippen LogP contribution in [-0.2, 0) is 0 Å². The number of aromatic nitrogens is 3. The summed E-state index contributed by atoms with van der Waals surface area (Å²) in [7, 11) is 0. The number of hydrogen-bond acceptors (Lipinski definition) is 4. The van der Waals surface area contributed by atoms with E-state index in [1.54, 1.807) is 23.3 Å². The zero-order chi connectivity index (χ0) is 9.42. The van der Waals surface area contributed by atoms with Crippen molar-refractivity contribution < 1.29 is 0 Å². The number of fused-ring (bicyclic) bond motifs is 1. The van der Waals surface area contributed by atoms with Crippen LogP contribution in [0.5, 0.6) is 0 Å². The first-order valence-electron chi connectivity index (χ1n) is 3.88. The zero-order valence-corrected chi connectivity index (χ0v) is 9.43. The number of alkyl halides is 1. The van der Waals surface area contributed by atoms with Gasteiger partial charge in [0.25, 0.3) is 5.56 Å². The lowest BCUT2D eigenvalue weighted by Crippen LogP contribution is -2.28. The first-order chi connectivity index (χ1) is 6.24. The summed E-state index contributed by atoms with van der Waals surface area (Å²) >= 11 is 4.97.